The van der Waals surface area contributed by atoms with Crippen LogP contribution in [0.15, 0.2) is 110 Å². The number of aromatic nitrogens is 7. The molecule has 41 heavy (non-hydrogen) atoms. The Morgan fingerprint density at radius 1 is 0.927 bits per heavy atom. The molecule has 15 heteroatoms. The van der Waals surface area contributed by atoms with Crippen LogP contribution in [-0.4, -0.2) is 41.1 Å². The van der Waals surface area contributed by atoms with Gasteiger partial charge in [-0.1, -0.05) is 11.6 Å². The molecule has 0 spiro atoms. The van der Waals surface area contributed by atoms with Gasteiger partial charge in [-0.05, 0) is 49.4 Å². The number of nitrogens with one attached hydrogen (secondary N) is 1. The molecule has 0 atom stereocenters. The molecule has 0 bridgehead atoms. The van der Waals surface area contributed by atoms with Gasteiger partial charge in [0.25, 0.3) is 0 Å². The Morgan fingerprint density at radius 3 is 1.85 bits per heavy atom. The molecule has 5 N–H and O–H groups in total. The van der Waals surface area contributed by atoms with Crippen LogP contribution in [0, 0.1) is 11.3 Å². The maximum atomic E-state index is 7.88. The Labute approximate surface area is 255 Å². The Morgan fingerprint density at radius 2 is 1.49 bits per heavy atom. The van der Waals surface area contributed by atoms with E-state index in [1.165, 1.54) is 12.3 Å². The van der Waals surface area contributed by atoms with Crippen molar-refractivity contribution in [2.45, 2.75) is 6.92 Å². The molecule has 5 rings (SSSR count). The number of anilines is 2. The third-order valence-electron chi connectivity index (χ3n) is 4.22. The minimum absolute atomic E-state index is 0.485. The van der Waals surface area contributed by atoms with Gasteiger partial charge in [0.1, 0.15) is 5.82 Å². The molecule has 0 amide bonds. The summed E-state index contributed by atoms with van der Waals surface area (Å²) < 4.78 is 8.03. The summed E-state index contributed by atoms with van der Waals surface area (Å²) in [4.78, 5) is 11.7. The van der Waals surface area contributed by atoms with E-state index in [4.69, 9.17) is 28.4 Å². The summed E-state index contributed by atoms with van der Waals surface area (Å²) in [5.74, 6) is 5.57. The molecule has 0 aromatic carbocycles. The molecule has 0 aliphatic heterocycles. The molecule has 218 valence electrons. The van der Waals surface area contributed by atoms with Crippen LogP contribution in [0.5, 0.6) is 0 Å². The molecule has 0 saturated heterocycles. The molecule has 12 nitrogen and oxygen atoms in total. The van der Waals surface area contributed by atoms with E-state index < -0.39 is 0 Å². The Hall–Kier alpha value is -4.44. The van der Waals surface area contributed by atoms with E-state index in [9.17, 15) is 0 Å². The number of hydrogen-bond acceptors (Lipinski definition) is 10. The quantitative estimate of drug-likeness (QED) is 0.0787. The van der Waals surface area contributed by atoms with Crippen molar-refractivity contribution in [3.63, 3.8) is 0 Å². The Kier molecular flexibility index (Phi) is 18.9. The number of nitrogen functional groups attached to an aromatic ring is 2. The summed E-state index contributed by atoms with van der Waals surface area (Å²) in [5.41, 5.74) is 10.6. The maximum absolute atomic E-state index is 7.88. The second-order valence-corrected chi connectivity index (χ2v) is 7.35. The summed E-state index contributed by atoms with van der Waals surface area (Å²) in [6, 6.07) is 16.5. The van der Waals surface area contributed by atoms with Crippen molar-refractivity contribution in [2.24, 2.45) is 5.84 Å². The summed E-state index contributed by atoms with van der Waals surface area (Å²) >= 11 is 9.32. The zero-order chi connectivity index (χ0) is 30.1. The predicted molar refractivity (Wildman–Crippen MR) is 156 cm³/mol. The molecule has 0 saturated carbocycles. The molecule has 0 aliphatic carbocycles. The number of nitrogens with zero attached hydrogens (tertiary/aromatic N) is 8. The molecule has 0 radical (unpaired) electrons. The van der Waals surface area contributed by atoms with Gasteiger partial charge in [-0.15, -0.1) is 0 Å². The summed E-state index contributed by atoms with van der Waals surface area (Å²) in [7, 11) is 4.20. The standard InChI is InChI=1S/C8H6ClN3.C8H8N4.C5H7N3.C5H7NO.ClH.Cu/c2*9-8-3-5-12(11-8)7-2-1-4-10-6-7;6-8-5-2-1-3-7-4-5;1-2-7-5-3-4-6;;/h1-6H;1-6H,(H2,9,11);1-4,8H,6H2;3,5H,2H2,1H3;1H;/q;;;;;+1/p-1. The monoisotopic (exact) mass is 643 g/mol. The number of hydrogen-bond donors (Lipinski definition) is 3. The molecule has 0 unspecified atom stereocenters. The second-order valence-electron chi connectivity index (χ2n) is 6.96. The van der Waals surface area contributed by atoms with E-state index in [1.807, 2.05) is 43.3 Å². The van der Waals surface area contributed by atoms with Crippen molar-refractivity contribution in [1.82, 2.24) is 34.5 Å². The van der Waals surface area contributed by atoms with Gasteiger partial charge in [-0.25, -0.2) is 9.36 Å². The van der Waals surface area contributed by atoms with Crippen LogP contribution in [0.2, 0.25) is 5.15 Å². The fourth-order valence-corrected chi connectivity index (χ4v) is 2.67. The third-order valence-corrected chi connectivity index (χ3v) is 4.42. The van der Waals surface area contributed by atoms with E-state index in [0.717, 1.165) is 17.1 Å². The summed E-state index contributed by atoms with van der Waals surface area (Å²) in [5, 5.41) is 16.4. The topological polar surface area (TPSA) is 171 Å². The van der Waals surface area contributed by atoms with Gasteiger partial charge in [-0.2, -0.15) is 15.5 Å². The SMILES string of the molecule is CCOC=CC#N.Clc1ccn(-c2cccnc2)n1.NNc1cccnc1.Nc1ccn(-c2cccnc2)n1.[Cl][Cu]. The molecule has 0 aliphatic rings. The molecule has 5 aromatic rings. The van der Waals surface area contributed by atoms with Crippen molar-refractivity contribution in [3.05, 3.63) is 116 Å². The Bertz CT molecular complexity index is 1320. The van der Waals surface area contributed by atoms with E-state index in [1.54, 1.807) is 77.1 Å². The van der Waals surface area contributed by atoms with Crippen molar-refractivity contribution in [3.8, 4) is 17.4 Å². The summed E-state index contributed by atoms with van der Waals surface area (Å²) in [6.45, 7) is 2.49. The van der Waals surface area contributed by atoms with E-state index in [2.05, 4.69) is 60.5 Å². The number of ether oxygens (including phenoxy) is 1. The second kappa shape index (κ2) is 22.4. The number of allylic oxidation sites excluding steroid dienone is 1. The van der Waals surface area contributed by atoms with Crippen LogP contribution in [-0.2, 0) is 19.8 Å². The minimum atomic E-state index is 0.485. The molecule has 0 fully saturated rings. The normalized spacial score (nSPS) is 9.20. The van der Waals surface area contributed by atoms with Crippen LogP contribution in [0.25, 0.3) is 11.4 Å². The van der Waals surface area contributed by atoms with Gasteiger partial charge in [0.05, 0.1) is 60.7 Å². The number of hydrazine groups is 1. The first-order valence-corrected chi connectivity index (χ1v) is 13.2. The molecular weight excluding hydrogens is 617 g/mol. The molecule has 5 heterocycles. The van der Waals surface area contributed by atoms with Crippen molar-refractivity contribution in [1.29, 1.82) is 5.26 Å². The van der Waals surface area contributed by atoms with Crippen LogP contribution < -0.4 is 17.0 Å². The average Bonchev–Trinajstić information content (AvgIpc) is 3.69. The third kappa shape index (κ3) is 15.1. The van der Waals surface area contributed by atoms with Crippen LogP contribution >= 0.6 is 21.7 Å². The first kappa shape index (κ1) is 34.6. The van der Waals surface area contributed by atoms with Crippen LogP contribution in [0.3, 0.4) is 0 Å². The van der Waals surface area contributed by atoms with Crippen molar-refractivity contribution in [2.75, 3.05) is 17.8 Å². The molecule has 5 aromatic heterocycles. The van der Waals surface area contributed by atoms with Gasteiger partial charge in [0.2, 0.25) is 0 Å². The molecular formula is C26H28Cl2CuN11O. The van der Waals surface area contributed by atoms with E-state index >= 15 is 0 Å². The Balaban J connectivity index is 0.000000275. The predicted octanol–water partition coefficient (Wildman–Crippen LogP) is 4.88. The van der Waals surface area contributed by atoms with Gasteiger partial charge < -0.3 is 15.9 Å². The number of halogens is 2. The van der Waals surface area contributed by atoms with E-state index in [0.29, 0.717) is 17.6 Å². The first-order valence-electron chi connectivity index (χ1n) is 11.5. The zero-order valence-corrected chi connectivity index (χ0v) is 24.3. The average molecular weight is 645 g/mol. The van der Waals surface area contributed by atoms with Gasteiger partial charge >= 0.3 is 25.2 Å². The first-order chi connectivity index (χ1) is 20.1. The van der Waals surface area contributed by atoms with Crippen LogP contribution in [0.1, 0.15) is 6.92 Å². The number of nitriles is 1. The zero-order valence-electron chi connectivity index (χ0n) is 21.8. The van der Waals surface area contributed by atoms with Gasteiger partial charge in [-0.3, -0.25) is 20.8 Å². The number of rotatable bonds is 5. The fourth-order valence-electron chi connectivity index (χ4n) is 2.53. The van der Waals surface area contributed by atoms with Gasteiger partial charge in [0, 0.05) is 37.1 Å². The summed E-state index contributed by atoms with van der Waals surface area (Å²) in [6.07, 6.45) is 16.5. The number of nitrogens with two attached hydrogens (primary N) is 2. The van der Waals surface area contributed by atoms with Gasteiger partial charge in [0.15, 0.2) is 5.15 Å². The van der Waals surface area contributed by atoms with Crippen molar-refractivity contribution >= 4 is 33.2 Å². The van der Waals surface area contributed by atoms with E-state index in [-0.39, 0.29) is 0 Å². The number of pyridine rings is 3. The van der Waals surface area contributed by atoms with Crippen molar-refractivity contribution < 1.29 is 19.8 Å². The van der Waals surface area contributed by atoms with Crippen LogP contribution in [0.4, 0.5) is 11.5 Å². The fraction of sp³-hybridized carbons (Fsp3) is 0.0769.